The van der Waals surface area contributed by atoms with Crippen LogP contribution in [0.15, 0.2) is 64.1 Å². The van der Waals surface area contributed by atoms with E-state index in [9.17, 15) is 9.59 Å². The van der Waals surface area contributed by atoms with Gasteiger partial charge in [-0.05, 0) is 43.0 Å². The average molecular weight is 458 g/mol. The van der Waals surface area contributed by atoms with Crippen molar-refractivity contribution in [2.45, 2.75) is 26.2 Å². The summed E-state index contributed by atoms with van der Waals surface area (Å²) in [5.74, 6) is 0.743. The summed E-state index contributed by atoms with van der Waals surface area (Å²) in [5, 5.41) is 4.44. The van der Waals surface area contributed by atoms with Crippen molar-refractivity contribution in [3.63, 3.8) is 0 Å². The van der Waals surface area contributed by atoms with Gasteiger partial charge in [0.1, 0.15) is 5.76 Å². The fourth-order valence-corrected chi connectivity index (χ4v) is 4.52. The summed E-state index contributed by atoms with van der Waals surface area (Å²) in [5.41, 5.74) is 7.76. The van der Waals surface area contributed by atoms with Gasteiger partial charge in [0.25, 0.3) is 11.8 Å². The van der Waals surface area contributed by atoms with E-state index in [4.69, 9.17) is 9.15 Å². The zero-order valence-corrected chi connectivity index (χ0v) is 19.2. The molecule has 1 aliphatic heterocycles. The van der Waals surface area contributed by atoms with Crippen LogP contribution >= 0.6 is 0 Å². The number of benzene rings is 2. The molecule has 0 unspecified atom stereocenters. The molecule has 2 heterocycles. The van der Waals surface area contributed by atoms with Gasteiger partial charge in [-0.3, -0.25) is 9.59 Å². The van der Waals surface area contributed by atoms with E-state index in [1.54, 1.807) is 17.0 Å². The molecule has 5 rings (SSSR count). The number of fused-ring (bicyclic) bond motifs is 1. The minimum Gasteiger partial charge on any atom is -0.455 e. The summed E-state index contributed by atoms with van der Waals surface area (Å²) in [6.07, 6.45) is 2.32. The Balaban J connectivity index is 1.33. The van der Waals surface area contributed by atoms with Crippen molar-refractivity contribution in [1.82, 2.24) is 10.3 Å². The van der Waals surface area contributed by atoms with E-state index in [-0.39, 0.29) is 11.8 Å². The van der Waals surface area contributed by atoms with Crippen molar-refractivity contribution in [1.29, 1.82) is 0 Å². The summed E-state index contributed by atoms with van der Waals surface area (Å²) in [7, 11) is 0. The molecule has 3 aromatic rings. The normalized spacial score (nSPS) is 16.9. The molecule has 2 aliphatic rings. The Labute approximate surface area is 198 Å². The second kappa shape index (κ2) is 9.65. The predicted octanol–water partition coefficient (Wildman–Crippen LogP) is 4.20. The van der Waals surface area contributed by atoms with Gasteiger partial charge in [-0.2, -0.15) is 5.10 Å². The number of carbonyl (C=O) groups excluding carboxylic acids is 2. The SMILES string of the molecule is Cc1c(C(=O)N2CCOCC2)oc2c1/C(=N/NC(=O)c1ccc(-c3ccccc3)cc1)CCC2. The van der Waals surface area contributed by atoms with Gasteiger partial charge in [0.2, 0.25) is 0 Å². The summed E-state index contributed by atoms with van der Waals surface area (Å²) in [6, 6.07) is 17.5. The molecule has 0 radical (unpaired) electrons. The molecule has 0 spiro atoms. The van der Waals surface area contributed by atoms with E-state index in [1.165, 1.54) is 0 Å². The molecular weight excluding hydrogens is 430 g/mol. The highest BCUT2D eigenvalue weighted by Gasteiger charge is 2.30. The summed E-state index contributed by atoms with van der Waals surface area (Å²) < 4.78 is 11.4. The zero-order valence-electron chi connectivity index (χ0n) is 19.2. The number of morpholine rings is 1. The van der Waals surface area contributed by atoms with Crippen LogP contribution < -0.4 is 5.43 Å². The van der Waals surface area contributed by atoms with Crippen molar-refractivity contribution >= 4 is 17.5 Å². The molecule has 1 fully saturated rings. The Hall–Kier alpha value is -3.71. The van der Waals surface area contributed by atoms with Crippen molar-refractivity contribution < 1.29 is 18.7 Å². The molecule has 34 heavy (non-hydrogen) atoms. The van der Waals surface area contributed by atoms with E-state index in [2.05, 4.69) is 10.5 Å². The predicted molar refractivity (Wildman–Crippen MR) is 129 cm³/mol. The Bertz CT molecular complexity index is 1220. The highest BCUT2D eigenvalue weighted by Crippen LogP contribution is 2.30. The van der Waals surface area contributed by atoms with Crippen molar-refractivity contribution in [3.8, 4) is 11.1 Å². The van der Waals surface area contributed by atoms with Gasteiger partial charge in [-0.25, -0.2) is 5.43 Å². The fourth-order valence-electron chi connectivity index (χ4n) is 4.52. The Kier molecular flexibility index (Phi) is 6.27. The van der Waals surface area contributed by atoms with E-state index >= 15 is 0 Å². The summed E-state index contributed by atoms with van der Waals surface area (Å²) >= 11 is 0. The molecule has 1 N–H and O–H groups in total. The zero-order chi connectivity index (χ0) is 23.5. The Morgan fingerprint density at radius 2 is 1.65 bits per heavy atom. The first-order valence-electron chi connectivity index (χ1n) is 11.6. The first-order valence-corrected chi connectivity index (χ1v) is 11.6. The highest BCUT2D eigenvalue weighted by atomic mass is 16.5. The second-order valence-corrected chi connectivity index (χ2v) is 8.56. The second-order valence-electron chi connectivity index (χ2n) is 8.56. The van der Waals surface area contributed by atoms with E-state index in [0.29, 0.717) is 44.0 Å². The van der Waals surface area contributed by atoms with Crippen LogP contribution in [0.3, 0.4) is 0 Å². The molecule has 7 heteroatoms. The maximum Gasteiger partial charge on any atom is 0.290 e. The van der Waals surface area contributed by atoms with Gasteiger partial charge >= 0.3 is 0 Å². The molecule has 1 aliphatic carbocycles. The third kappa shape index (κ3) is 4.39. The van der Waals surface area contributed by atoms with Crippen LogP contribution in [0.5, 0.6) is 0 Å². The monoisotopic (exact) mass is 457 g/mol. The number of hydrogen-bond acceptors (Lipinski definition) is 5. The van der Waals surface area contributed by atoms with Crippen molar-refractivity contribution in [3.05, 3.63) is 82.8 Å². The third-order valence-electron chi connectivity index (χ3n) is 6.36. The molecule has 174 valence electrons. The van der Waals surface area contributed by atoms with Crippen molar-refractivity contribution in [2.75, 3.05) is 26.3 Å². The Morgan fingerprint density at radius 1 is 0.941 bits per heavy atom. The Morgan fingerprint density at radius 3 is 2.38 bits per heavy atom. The standard InChI is InChI=1S/C27H27N3O4/c1-18-24-22(8-5-9-23(24)34-25(18)27(32)30-14-16-33-17-15-30)28-29-26(31)21-12-10-20(11-13-21)19-6-3-2-4-7-19/h2-4,6-7,10-13H,5,8-9,14-17H2,1H3,(H,29,31)/b28-22+. The summed E-state index contributed by atoms with van der Waals surface area (Å²) in [6.45, 7) is 4.08. The summed E-state index contributed by atoms with van der Waals surface area (Å²) in [4.78, 5) is 27.5. The first kappa shape index (κ1) is 22.1. The van der Waals surface area contributed by atoms with Crippen LogP contribution in [0.4, 0.5) is 0 Å². The van der Waals surface area contributed by atoms with E-state index < -0.39 is 0 Å². The van der Waals surface area contributed by atoms with E-state index in [1.807, 2.05) is 49.4 Å². The van der Waals surface area contributed by atoms with Gasteiger partial charge < -0.3 is 14.1 Å². The molecule has 0 bridgehead atoms. The molecule has 0 saturated carbocycles. The molecule has 1 aromatic heterocycles. The van der Waals surface area contributed by atoms with Crippen LogP contribution in [-0.2, 0) is 11.2 Å². The lowest BCUT2D eigenvalue weighted by Gasteiger charge is -2.26. The van der Waals surface area contributed by atoms with Crippen LogP contribution in [0.25, 0.3) is 11.1 Å². The first-order chi connectivity index (χ1) is 16.6. The fraction of sp³-hybridized carbons (Fsp3) is 0.296. The number of nitrogens with zero attached hydrogens (tertiary/aromatic N) is 2. The van der Waals surface area contributed by atoms with Crippen LogP contribution in [0.1, 0.15) is 50.6 Å². The topological polar surface area (TPSA) is 84.1 Å². The lowest BCUT2D eigenvalue weighted by Crippen LogP contribution is -2.40. The quantitative estimate of drug-likeness (QED) is 0.595. The molecule has 2 amide bonds. The lowest BCUT2D eigenvalue weighted by atomic mass is 9.93. The molecule has 7 nitrogen and oxygen atoms in total. The number of furan rings is 1. The number of amides is 2. The minimum atomic E-state index is -0.273. The molecule has 1 saturated heterocycles. The van der Waals surface area contributed by atoms with Gasteiger partial charge in [-0.1, -0.05) is 42.5 Å². The van der Waals surface area contributed by atoms with Gasteiger partial charge in [0.05, 0.1) is 18.9 Å². The number of aryl methyl sites for hydroxylation is 1. The van der Waals surface area contributed by atoms with Crippen LogP contribution in [-0.4, -0.2) is 48.7 Å². The highest BCUT2D eigenvalue weighted by molar-refractivity contribution is 6.07. The number of ether oxygens (including phenoxy) is 1. The number of rotatable bonds is 4. The molecule has 2 aromatic carbocycles. The number of hydrogen-bond donors (Lipinski definition) is 1. The van der Waals surface area contributed by atoms with Gasteiger partial charge in [-0.15, -0.1) is 0 Å². The van der Waals surface area contributed by atoms with Gasteiger partial charge in [0, 0.05) is 36.2 Å². The van der Waals surface area contributed by atoms with Crippen molar-refractivity contribution in [2.24, 2.45) is 5.10 Å². The van der Waals surface area contributed by atoms with Crippen LogP contribution in [0, 0.1) is 6.92 Å². The van der Waals surface area contributed by atoms with Gasteiger partial charge in [0.15, 0.2) is 5.76 Å². The number of carbonyl (C=O) groups is 2. The minimum absolute atomic E-state index is 0.114. The number of nitrogens with one attached hydrogen (secondary N) is 1. The molecule has 0 atom stereocenters. The smallest absolute Gasteiger partial charge is 0.290 e. The largest absolute Gasteiger partial charge is 0.455 e. The average Bonchev–Trinajstić information content (AvgIpc) is 3.25. The van der Waals surface area contributed by atoms with E-state index in [0.717, 1.165) is 46.6 Å². The maximum atomic E-state index is 13.0. The van der Waals surface area contributed by atoms with Crippen LogP contribution in [0.2, 0.25) is 0 Å². The maximum absolute atomic E-state index is 13.0. The third-order valence-corrected chi connectivity index (χ3v) is 6.36. The molecular formula is C27H27N3O4. The lowest BCUT2D eigenvalue weighted by molar-refractivity contribution is 0.0281. The number of hydrazone groups is 1.